The van der Waals surface area contributed by atoms with Gasteiger partial charge in [-0.25, -0.2) is 4.39 Å². The number of carbonyl (C=O) groups excluding carboxylic acids is 1. The van der Waals surface area contributed by atoms with Gasteiger partial charge in [-0.2, -0.15) is 4.98 Å². The molecule has 2 N–H and O–H groups in total. The van der Waals surface area contributed by atoms with Crippen molar-refractivity contribution in [3.63, 3.8) is 0 Å². The van der Waals surface area contributed by atoms with Gasteiger partial charge in [0.2, 0.25) is 17.6 Å². The van der Waals surface area contributed by atoms with E-state index in [0.29, 0.717) is 35.8 Å². The van der Waals surface area contributed by atoms with Crippen LogP contribution >= 0.6 is 0 Å². The number of hydrogen-bond donors (Lipinski definition) is 2. The Morgan fingerprint density at radius 1 is 1.52 bits per heavy atom. The zero-order valence-electron chi connectivity index (χ0n) is 12.9. The molecule has 1 atom stereocenters. The summed E-state index contributed by atoms with van der Waals surface area (Å²) in [6.45, 7) is 3.02. The van der Waals surface area contributed by atoms with Crippen molar-refractivity contribution >= 4 is 5.91 Å². The van der Waals surface area contributed by atoms with E-state index in [9.17, 15) is 9.18 Å². The van der Waals surface area contributed by atoms with Crippen molar-refractivity contribution in [1.82, 2.24) is 20.8 Å². The van der Waals surface area contributed by atoms with Gasteiger partial charge >= 0.3 is 0 Å². The SMILES string of the molecule is Cc1cc(-c2noc(CCNC(=O)C3CCCN3)n2)ccc1F. The molecule has 23 heavy (non-hydrogen) atoms. The fraction of sp³-hybridized carbons (Fsp3) is 0.438. The van der Waals surface area contributed by atoms with E-state index in [4.69, 9.17) is 4.52 Å². The summed E-state index contributed by atoms with van der Waals surface area (Å²) in [5, 5.41) is 9.91. The fourth-order valence-electron chi connectivity index (χ4n) is 2.58. The Hall–Kier alpha value is -2.28. The van der Waals surface area contributed by atoms with Crippen molar-refractivity contribution in [1.29, 1.82) is 0 Å². The van der Waals surface area contributed by atoms with Gasteiger partial charge in [-0.05, 0) is 50.1 Å². The Bertz CT molecular complexity index is 695. The lowest BCUT2D eigenvalue weighted by Crippen LogP contribution is -2.41. The number of nitrogens with one attached hydrogen (secondary N) is 2. The van der Waals surface area contributed by atoms with Crippen molar-refractivity contribution < 1.29 is 13.7 Å². The summed E-state index contributed by atoms with van der Waals surface area (Å²) < 4.78 is 18.5. The molecule has 1 fully saturated rings. The van der Waals surface area contributed by atoms with Crippen LogP contribution in [0.15, 0.2) is 22.7 Å². The average molecular weight is 318 g/mol. The lowest BCUT2D eigenvalue weighted by Gasteiger charge is -2.09. The predicted molar refractivity (Wildman–Crippen MR) is 82.2 cm³/mol. The van der Waals surface area contributed by atoms with Crippen molar-refractivity contribution in [3.8, 4) is 11.4 Å². The summed E-state index contributed by atoms with van der Waals surface area (Å²) in [5.41, 5.74) is 1.24. The molecule has 0 saturated carbocycles. The maximum absolute atomic E-state index is 13.3. The normalized spacial score (nSPS) is 17.4. The summed E-state index contributed by atoms with van der Waals surface area (Å²) in [6, 6.07) is 4.59. The smallest absolute Gasteiger partial charge is 0.237 e. The van der Waals surface area contributed by atoms with Crippen LogP contribution in [-0.2, 0) is 11.2 Å². The molecule has 3 rings (SSSR count). The van der Waals surface area contributed by atoms with Crippen LogP contribution in [0.1, 0.15) is 24.3 Å². The van der Waals surface area contributed by atoms with Crippen molar-refractivity contribution in [2.24, 2.45) is 0 Å². The van der Waals surface area contributed by atoms with Crippen LogP contribution in [0, 0.1) is 12.7 Å². The molecule has 0 spiro atoms. The number of rotatable bonds is 5. The van der Waals surface area contributed by atoms with E-state index in [-0.39, 0.29) is 17.8 Å². The number of aryl methyl sites for hydroxylation is 1. The molecule has 2 heterocycles. The van der Waals surface area contributed by atoms with Gasteiger partial charge in [0.25, 0.3) is 0 Å². The highest BCUT2D eigenvalue weighted by atomic mass is 19.1. The molecule has 0 aliphatic carbocycles. The second kappa shape index (κ2) is 6.87. The molecule has 0 radical (unpaired) electrons. The third-order valence-corrected chi connectivity index (χ3v) is 3.90. The lowest BCUT2D eigenvalue weighted by molar-refractivity contribution is -0.122. The second-order valence-corrected chi connectivity index (χ2v) is 5.67. The Kier molecular flexibility index (Phi) is 4.66. The first-order valence-electron chi connectivity index (χ1n) is 7.73. The highest BCUT2D eigenvalue weighted by Gasteiger charge is 2.21. The largest absolute Gasteiger partial charge is 0.354 e. The maximum atomic E-state index is 13.3. The minimum Gasteiger partial charge on any atom is -0.354 e. The third kappa shape index (κ3) is 3.73. The topological polar surface area (TPSA) is 80.0 Å². The summed E-state index contributed by atoms with van der Waals surface area (Å²) in [6.07, 6.45) is 2.37. The van der Waals surface area contributed by atoms with Gasteiger partial charge in [0.05, 0.1) is 6.04 Å². The molecule has 122 valence electrons. The quantitative estimate of drug-likeness (QED) is 0.875. The van der Waals surface area contributed by atoms with Gasteiger partial charge in [0.15, 0.2) is 0 Å². The molecule has 2 aromatic rings. The molecule has 6 nitrogen and oxygen atoms in total. The van der Waals surface area contributed by atoms with Gasteiger partial charge in [0.1, 0.15) is 5.82 Å². The lowest BCUT2D eigenvalue weighted by atomic mass is 10.1. The fourth-order valence-corrected chi connectivity index (χ4v) is 2.58. The van der Waals surface area contributed by atoms with Crippen LogP contribution < -0.4 is 10.6 Å². The summed E-state index contributed by atoms with van der Waals surface area (Å²) in [4.78, 5) is 16.1. The van der Waals surface area contributed by atoms with E-state index < -0.39 is 0 Å². The molecule has 1 aromatic carbocycles. The number of amides is 1. The molecule has 1 aliphatic heterocycles. The Morgan fingerprint density at radius 3 is 3.13 bits per heavy atom. The standard InChI is InChI=1S/C16H19FN4O2/c1-10-9-11(4-5-12(10)17)15-20-14(23-21-15)6-8-19-16(22)13-3-2-7-18-13/h4-5,9,13,18H,2-3,6-8H2,1H3,(H,19,22). The number of benzene rings is 1. The predicted octanol–water partition coefficient (Wildman–Crippen LogP) is 1.59. The van der Waals surface area contributed by atoms with Gasteiger partial charge in [-0.3, -0.25) is 4.79 Å². The van der Waals surface area contributed by atoms with Gasteiger partial charge in [-0.15, -0.1) is 0 Å². The molecule has 1 unspecified atom stereocenters. The monoisotopic (exact) mass is 318 g/mol. The Morgan fingerprint density at radius 2 is 2.39 bits per heavy atom. The first-order chi connectivity index (χ1) is 11.1. The number of hydrogen-bond acceptors (Lipinski definition) is 5. The van der Waals surface area contributed by atoms with Crippen LogP contribution in [0.5, 0.6) is 0 Å². The van der Waals surface area contributed by atoms with Crippen molar-refractivity contribution in [2.75, 3.05) is 13.1 Å². The highest BCUT2D eigenvalue weighted by Crippen LogP contribution is 2.19. The van der Waals surface area contributed by atoms with Crippen LogP contribution in [-0.4, -0.2) is 35.2 Å². The second-order valence-electron chi connectivity index (χ2n) is 5.67. The molecule has 1 saturated heterocycles. The van der Waals surface area contributed by atoms with Crippen LogP contribution in [0.4, 0.5) is 4.39 Å². The summed E-state index contributed by atoms with van der Waals surface area (Å²) in [5.74, 6) is 0.616. The van der Waals surface area contributed by atoms with Crippen LogP contribution in [0.25, 0.3) is 11.4 Å². The zero-order chi connectivity index (χ0) is 16.2. The van der Waals surface area contributed by atoms with E-state index in [1.54, 1.807) is 19.1 Å². The van der Waals surface area contributed by atoms with Gasteiger partial charge in [-0.1, -0.05) is 5.16 Å². The zero-order valence-corrected chi connectivity index (χ0v) is 12.9. The molecule has 1 amide bonds. The minimum atomic E-state index is -0.263. The van der Waals surface area contributed by atoms with E-state index in [0.717, 1.165) is 19.4 Å². The number of halogens is 1. The highest BCUT2D eigenvalue weighted by molar-refractivity contribution is 5.81. The van der Waals surface area contributed by atoms with Crippen LogP contribution in [0.3, 0.4) is 0 Å². The van der Waals surface area contributed by atoms with E-state index in [1.807, 2.05) is 0 Å². The van der Waals surface area contributed by atoms with E-state index >= 15 is 0 Å². The first kappa shape index (κ1) is 15.6. The first-order valence-corrected chi connectivity index (χ1v) is 7.73. The van der Waals surface area contributed by atoms with Crippen molar-refractivity contribution in [3.05, 3.63) is 35.5 Å². The summed E-state index contributed by atoms with van der Waals surface area (Å²) >= 11 is 0. The summed E-state index contributed by atoms with van der Waals surface area (Å²) in [7, 11) is 0. The van der Waals surface area contributed by atoms with E-state index in [2.05, 4.69) is 20.8 Å². The van der Waals surface area contributed by atoms with Gasteiger partial charge < -0.3 is 15.2 Å². The number of nitrogens with zero attached hydrogens (tertiary/aromatic N) is 2. The third-order valence-electron chi connectivity index (χ3n) is 3.90. The molecule has 1 aliphatic rings. The molecule has 1 aromatic heterocycles. The molecular formula is C16H19FN4O2. The number of carbonyl (C=O) groups is 1. The van der Waals surface area contributed by atoms with Gasteiger partial charge in [0, 0.05) is 18.5 Å². The van der Waals surface area contributed by atoms with E-state index in [1.165, 1.54) is 6.07 Å². The molecule has 7 heteroatoms. The minimum absolute atomic E-state index is 0.0106. The average Bonchev–Trinajstić information content (AvgIpc) is 3.21. The molecule has 0 bridgehead atoms. The molecular weight excluding hydrogens is 299 g/mol. The number of aromatic nitrogens is 2. The Balaban J connectivity index is 1.54. The van der Waals surface area contributed by atoms with Crippen molar-refractivity contribution in [2.45, 2.75) is 32.2 Å². The Labute approximate surface area is 133 Å². The van der Waals surface area contributed by atoms with Crippen LogP contribution in [0.2, 0.25) is 0 Å². The maximum Gasteiger partial charge on any atom is 0.237 e.